The van der Waals surface area contributed by atoms with Crippen LogP contribution in [0.4, 0.5) is 0 Å². The van der Waals surface area contributed by atoms with Gasteiger partial charge >= 0.3 is 0 Å². The van der Waals surface area contributed by atoms with Crippen LogP contribution in [0.25, 0.3) is 0 Å². The van der Waals surface area contributed by atoms with Crippen molar-refractivity contribution in [3.63, 3.8) is 0 Å². The van der Waals surface area contributed by atoms with E-state index in [-0.39, 0.29) is 6.04 Å². The molecular formula is C19H24ClN. The molecular weight excluding hydrogens is 278 g/mol. The number of benzene rings is 2. The molecule has 1 nitrogen and oxygen atoms in total. The Labute approximate surface area is 133 Å². The highest BCUT2D eigenvalue weighted by Gasteiger charge is 2.16. The van der Waals surface area contributed by atoms with E-state index in [9.17, 15) is 0 Å². The average Bonchev–Trinajstić information content (AvgIpc) is 2.45. The van der Waals surface area contributed by atoms with Crippen molar-refractivity contribution in [1.29, 1.82) is 0 Å². The molecule has 0 radical (unpaired) electrons. The van der Waals surface area contributed by atoms with Gasteiger partial charge in [-0.2, -0.15) is 0 Å². The van der Waals surface area contributed by atoms with Gasteiger partial charge in [-0.3, -0.25) is 0 Å². The number of halogens is 1. The molecule has 0 spiro atoms. The number of aryl methyl sites for hydroxylation is 2. The Kier molecular flexibility index (Phi) is 5.08. The quantitative estimate of drug-likeness (QED) is 0.798. The van der Waals surface area contributed by atoms with Gasteiger partial charge < -0.3 is 5.32 Å². The van der Waals surface area contributed by atoms with Crippen LogP contribution >= 0.6 is 11.6 Å². The van der Waals surface area contributed by atoms with E-state index in [2.05, 4.69) is 69.4 Å². The minimum Gasteiger partial charge on any atom is -0.309 e. The van der Waals surface area contributed by atoms with Gasteiger partial charge in [-0.1, -0.05) is 55.8 Å². The van der Waals surface area contributed by atoms with Crippen LogP contribution in [0.3, 0.4) is 0 Å². The third-order valence-electron chi connectivity index (χ3n) is 4.15. The lowest BCUT2D eigenvalue weighted by Gasteiger charge is -2.20. The van der Waals surface area contributed by atoms with Crippen molar-refractivity contribution in [1.82, 2.24) is 5.32 Å². The van der Waals surface area contributed by atoms with Gasteiger partial charge in [0.25, 0.3) is 0 Å². The van der Waals surface area contributed by atoms with Crippen LogP contribution in [-0.4, -0.2) is 7.05 Å². The van der Waals surface area contributed by atoms with Gasteiger partial charge in [-0.15, -0.1) is 0 Å². The molecule has 2 aromatic rings. The third kappa shape index (κ3) is 3.48. The molecule has 0 aliphatic rings. The summed E-state index contributed by atoms with van der Waals surface area (Å²) in [5.74, 6) is 0.553. The molecule has 0 aromatic heterocycles. The van der Waals surface area contributed by atoms with Crippen molar-refractivity contribution >= 4 is 11.6 Å². The van der Waals surface area contributed by atoms with Gasteiger partial charge in [0.15, 0.2) is 0 Å². The zero-order valence-electron chi connectivity index (χ0n) is 13.5. The first-order chi connectivity index (χ1) is 9.93. The molecule has 21 heavy (non-hydrogen) atoms. The van der Waals surface area contributed by atoms with E-state index in [1.807, 2.05) is 7.05 Å². The average molecular weight is 302 g/mol. The van der Waals surface area contributed by atoms with Crippen LogP contribution in [-0.2, 0) is 0 Å². The van der Waals surface area contributed by atoms with Crippen LogP contribution in [0.2, 0.25) is 5.02 Å². The second-order valence-corrected chi connectivity index (χ2v) is 6.41. The van der Waals surface area contributed by atoms with Crippen molar-refractivity contribution in [3.8, 4) is 0 Å². The van der Waals surface area contributed by atoms with E-state index in [0.717, 1.165) is 10.6 Å². The highest BCUT2D eigenvalue weighted by Crippen LogP contribution is 2.31. The van der Waals surface area contributed by atoms with Gasteiger partial charge in [0.2, 0.25) is 0 Å². The monoisotopic (exact) mass is 301 g/mol. The Hall–Kier alpha value is -1.31. The molecule has 0 fully saturated rings. The second-order valence-electron chi connectivity index (χ2n) is 6.00. The minimum atomic E-state index is 0.123. The maximum atomic E-state index is 6.47. The van der Waals surface area contributed by atoms with Gasteiger partial charge in [-0.05, 0) is 60.7 Å². The Bertz CT molecular complexity index is 614. The van der Waals surface area contributed by atoms with Gasteiger partial charge in [0.1, 0.15) is 0 Å². The van der Waals surface area contributed by atoms with E-state index in [0.29, 0.717) is 5.92 Å². The summed E-state index contributed by atoms with van der Waals surface area (Å²) in [6.45, 7) is 8.65. The smallest absolute Gasteiger partial charge is 0.0589 e. The highest BCUT2D eigenvalue weighted by atomic mass is 35.5. The number of hydrogen-bond donors (Lipinski definition) is 1. The summed E-state index contributed by atoms with van der Waals surface area (Å²) in [5, 5.41) is 4.21. The summed E-state index contributed by atoms with van der Waals surface area (Å²) in [4.78, 5) is 0. The summed E-state index contributed by atoms with van der Waals surface area (Å²) < 4.78 is 0. The van der Waals surface area contributed by atoms with E-state index in [1.54, 1.807) is 0 Å². The largest absolute Gasteiger partial charge is 0.309 e. The van der Waals surface area contributed by atoms with E-state index < -0.39 is 0 Å². The molecule has 112 valence electrons. The molecule has 2 aromatic carbocycles. The summed E-state index contributed by atoms with van der Waals surface area (Å²) >= 11 is 6.47. The molecule has 2 heteroatoms. The van der Waals surface area contributed by atoms with Crippen LogP contribution in [0.5, 0.6) is 0 Å². The first-order valence-electron chi connectivity index (χ1n) is 7.47. The molecule has 0 saturated heterocycles. The van der Waals surface area contributed by atoms with Crippen molar-refractivity contribution in [2.75, 3.05) is 7.05 Å². The molecule has 0 bridgehead atoms. The topological polar surface area (TPSA) is 12.0 Å². The predicted molar refractivity (Wildman–Crippen MR) is 92.4 cm³/mol. The number of hydrogen-bond acceptors (Lipinski definition) is 1. The van der Waals surface area contributed by atoms with Crippen molar-refractivity contribution in [3.05, 3.63) is 69.2 Å². The maximum absolute atomic E-state index is 6.47. The zero-order chi connectivity index (χ0) is 15.6. The summed E-state index contributed by atoms with van der Waals surface area (Å²) in [6, 6.07) is 13.2. The van der Waals surface area contributed by atoms with E-state index >= 15 is 0 Å². The Morgan fingerprint density at radius 3 is 1.95 bits per heavy atom. The van der Waals surface area contributed by atoms with Gasteiger partial charge in [-0.25, -0.2) is 0 Å². The summed E-state index contributed by atoms with van der Waals surface area (Å²) in [5.41, 5.74) is 6.24. The fourth-order valence-corrected chi connectivity index (χ4v) is 2.93. The molecule has 2 rings (SSSR count). The van der Waals surface area contributed by atoms with Crippen molar-refractivity contribution in [2.45, 2.75) is 39.7 Å². The molecule has 1 N–H and O–H groups in total. The molecule has 0 aliphatic heterocycles. The SMILES string of the molecule is CNC(c1ccc(C(C)C)cc1)c1cc(C)c(C)cc1Cl. The van der Waals surface area contributed by atoms with Crippen LogP contribution in [0, 0.1) is 13.8 Å². The van der Waals surface area contributed by atoms with Crippen molar-refractivity contribution < 1.29 is 0 Å². The summed E-state index contributed by atoms with van der Waals surface area (Å²) in [7, 11) is 1.98. The minimum absolute atomic E-state index is 0.123. The first kappa shape index (κ1) is 16.1. The third-order valence-corrected chi connectivity index (χ3v) is 4.48. The first-order valence-corrected chi connectivity index (χ1v) is 7.85. The molecule has 1 unspecified atom stereocenters. The Morgan fingerprint density at radius 2 is 1.43 bits per heavy atom. The standard InChI is InChI=1S/C19H24ClN/c1-12(2)15-6-8-16(9-7-15)19(21-5)17-10-13(3)14(4)11-18(17)20/h6-12,19,21H,1-5H3. The maximum Gasteiger partial charge on any atom is 0.0589 e. The molecule has 1 atom stereocenters. The van der Waals surface area contributed by atoms with Gasteiger partial charge in [0, 0.05) is 5.02 Å². The van der Waals surface area contributed by atoms with Crippen LogP contribution in [0.15, 0.2) is 36.4 Å². The van der Waals surface area contributed by atoms with E-state index in [1.165, 1.54) is 22.3 Å². The fraction of sp³-hybridized carbons (Fsp3) is 0.368. The van der Waals surface area contributed by atoms with Crippen molar-refractivity contribution in [2.24, 2.45) is 0 Å². The van der Waals surface area contributed by atoms with Gasteiger partial charge in [0.05, 0.1) is 6.04 Å². The lowest BCUT2D eigenvalue weighted by molar-refractivity contribution is 0.690. The normalized spacial score (nSPS) is 12.7. The molecule has 0 amide bonds. The van der Waals surface area contributed by atoms with Crippen LogP contribution < -0.4 is 5.32 Å². The second kappa shape index (κ2) is 6.64. The van der Waals surface area contributed by atoms with Crippen LogP contribution in [0.1, 0.15) is 53.6 Å². The predicted octanol–water partition coefficient (Wildman–Crippen LogP) is 5.39. The lowest BCUT2D eigenvalue weighted by Crippen LogP contribution is -2.18. The lowest BCUT2D eigenvalue weighted by atomic mass is 9.93. The number of nitrogens with one attached hydrogen (secondary N) is 1. The molecule has 0 heterocycles. The molecule has 0 aliphatic carbocycles. The number of rotatable bonds is 4. The highest BCUT2D eigenvalue weighted by molar-refractivity contribution is 6.31. The Balaban J connectivity index is 2.42. The Morgan fingerprint density at radius 1 is 0.905 bits per heavy atom. The molecule has 0 saturated carbocycles. The van der Waals surface area contributed by atoms with E-state index in [4.69, 9.17) is 11.6 Å². The zero-order valence-corrected chi connectivity index (χ0v) is 14.3. The fourth-order valence-electron chi connectivity index (χ4n) is 2.60. The summed E-state index contributed by atoms with van der Waals surface area (Å²) in [6.07, 6.45) is 0.